The minimum atomic E-state index is 0. The van der Waals surface area contributed by atoms with Crippen molar-refractivity contribution in [2.45, 2.75) is 32.2 Å². The first-order valence-corrected chi connectivity index (χ1v) is 8.29. The molecule has 0 bridgehead atoms. The molecular formula is C15H24BrCl3N2. The van der Waals surface area contributed by atoms with Gasteiger partial charge in [-0.1, -0.05) is 47.3 Å². The van der Waals surface area contributed by atoms with Crippen molar-refractivity contribution in [1.82, 2.24) is 10.2 Å². The molecule has 1 aliphatic rings. The summed E-state index contributed by atoms with van der Waals surface area (Å²) >= 11 is 9.99. The highest BCUT2D eigenvalue weighted by atomic mass is 79.9. The number of rotatable bonds is 5. The van der Waals surface area contributed by atoms with Crippen LogP contribution < -0.4 is 5.32 Å². The first kappa shape index (κ1) is 21.5. The molecule has 0 amide bonds. The summed E-state index contributed by atoms with van der Waals surface area (Å²) in [6, 6.07) is 6.65. The second-order valence-electron chi connectivity index (χ2n) is 5.11. The van der Waals surface area contributed by atoms with Crippen LogP contribution in [-0.4, -0.2) is 31.1 Å². The summed E-state index contributed by atoms with van der Waals surface area (Å²) in [7, 11) is 0. The van der Waals surface area contributed by atoms with E-state index in [9.17, 15) is 0 Å². The van der Waals surface area contributed by atoms with Crippen LogP contribution in [0.4, 0.5) is 0 Å². The van der Waals surface area contributed by atoms with E-state index < -0.39 is 0 Å². The zero-order chi connectivity index (χ0) is 13.7. The molecule has 0 aliphatic carbocycles. The molecule has 0 saturated carbocycles. The molecule has 1 heterocycles. The highest BCUT2D eigenvalue weighted by Gasteiger charge is 2.23. The van der Waals surface area contributed by atoms with E-state index in [4.69, 9.17) is 11.6 Å². The van der Waals surface area contributed by atoms with Crippen LogP contribution in [0.2, 0.25) is 5.02 Å². The summed E-state index contributed by atoms with van der Waals surface area (Å²) in [5.41, 5.74) is 1.27. The number of nitrogens with one attached hydrogen (secondary N) is 1. The Morgan fingerprint density at radius 3 is 2.57 bits per heavy atom. The Bertz CT molecular complexity index is 412. The van der Waals surface area contributed by atoms with Crippen LogP contribution in [0.15, 0.2) is 22.7 Å². The molecule has 1 aromatic rings. The Labute approximate surface area is 153 Å². The van der Waals surface area contributed by atoms with Crippen molar-refractivity contribution >= 4 is 52.3 Å². The average Bonchev–Trinajstić information content (AvgIpc) is 2.44. The molecule has 1 N–H and O–H groups in total. The Morgan fingerprint density at radius 2 is 1.95 bits per heavy atom. The topological polar surface area (TPSA) is 15.3 Å². The minimum Gasteiger partial charge on any atom is -0.314 e. The van der Waals surface area contributed by atoms with Crippen molar-refractivity contribution in [2.75, 3.05) is 26.2 Å². The monoisotopic (exact) mass is 416 g/mol. The van der Waals surface area contributed by atoms with Crippen LogP contribution in [0.1, 0.15) is 37.8 Å². The van der Waals surface area contributed by atoms with Crippen molar-refractivity contribution in [1.29, 1.82) is 0 Å². The predicted octanol–water partition coefficient (Wildman–Crippen LogP) is 5.08. The van der Waals surface area contributed by atoms with Gasteiger partial charge < -0.3 is 5.32 Å². The zero-order valence-corrected chi connectivity index (χ0v) is 16.3. The number of piperazine rings is 1. The fourth-order valence-corrected chi connectivity index (χ4v) is 3.32. The SMILES string of the molecule is CCCC[C@@H](c1cc(Br)ccc1Cl)N1CCNCC1.Cl.Cl. The highest BCUT2D eigenvalue weighted by Crippen LogP contribution is 2.33. The lowest BCUT2D eigenvalue weighted by Gasteiger charge is -2.35. The van der Waals surface area contributed by atoms with E-state index in [1.54, 1.807) is 0 Å². The standard InChI is InChI=1S/C15H22BrClN2.2ClH/c1-2-3-4-15(19-9-7-18-8-10-19)13-11-12(16)5-6-14(13)17;;/h5-6,11,15,18H,2-4,7-10H2,1H3;2*1H/t15-;;/m0../s1. The molecule has 1 aliphatic heterocycles. The molecule has 0 radical (unpaired) electrons. The van der Waals surface area contributed by atoms with Crippen molar-refractivity contribution in [3.8, 4) is 0 Å². The third kappa shape index (κ3) is 6.25. The largest absolute Gasteiger partial charge is 0.314 e. The first-order chi connectivity index (χ1) is 9.22. The van der Waals surface area contributed by atoms with E-state index in [-0.39, 0.29) is 24.8 Å². The van der Waals surface area contributed by atoms with E-state index in [2.05, 4.69) is 39.1 Å². The number of hydrogen-bond donors (Lipinski definition) is 1. The molecule has 0 spiro atoms. The van der Waals surface area contributed by atoms with Gasteiger partial charge >= 0.3 is 0 Å². The molecule has 1 atom stereocenters. The lowest BCUT2D eigenvalue weighted by molar-refractivity contribution is 0.163. The van der Waals surface area contributed by atoms with E-state index in [1.807, 2.05) is 12.1 Å². The Kier molecular flexibility index (Phi) is 11.4. The maximum Gasteiger partial charge on any atom is 0.0454 e. The zero-order valence-electron chi connectivity index (χ0n) is 12.3. The Balaban J connectivity index is 0.00000200. The molecule has 2 nitrogen and oxygen atoms in total. The van der Waals surface area contributed by atoms with Gasteiger partial charge in [0.2, 0.25) is 0 Å². The molecule has 0 aromatic heterocycles. The first-order valence-electron chi connectivity index (χ1n) is 7.12. The lowest BCUT2D eigenvalue weighted by atomic mass is 9.98. The fraction of sp³-hybridized carbons (Fsp3) is 0.600. The van der Waals surface area contributed by atoms with Gasteiger partial charge in [0, 0.05) is 41.7 Å². The number of halogens is 4. The van der Waals surface area contributed by atoms with Crippen LogP contribution in [0.5, 0.6) is 0 Å². The van der Waals surface area contributed by atoms with E-state index in [0.29, 0.717) is 6.04 Å². The van der Waals surface area contributed by atoms with E-state index in [0.717, 1.165) is 35.7 Å². The number of hydrogen-bond acceptors (Lipinski definition) is 2. The van der Waals surface area contributed by atoms with Crippen molar-refractivity contribution < 1.29 is 0 Å². The average molecular weight is 419 g/mol. The quantitative estimate of drug-likeness (QED) is 0.717. The molecule has 1 saturated heterocycles. The van der Waals surface area contributed by atoms with E-state index >= 15 is 0 Å². The van der Waals surface area contributed by atoms with Gasteiger partial charge in [-0.25, -0.2) is 0 Å². The number of benzene rings is 1. The summed E-state index contributed by atoms with van der Waals surface area (Å²) < 4.78 is 1.11. The number of unbranched alkanes of at least 4 members (excludes halogenated alkanes) is 1. The molecule has 2 rings (SSSR count). The van der Waals surface area contributed by atoms with Crippen LogP contribution in [-0.2, 0) is 0 Å². The van der Waals surface area contributed by atoms with E-state index in [1.165, 1.54) is 24.8 Å². The maximum absolute atomic E-state index is 6.43. The molecule has 1 fully saturated rings. The molecule has 21 heavy (non-hydrogen) atoms. The lowest BCUT2D eigenvalue weighted by Crippen LogP contribution is -2.45. The van der Waals surface area contributed by atoms with Gasteiger partial charge in [-0.15, -0.1) is 24.8 Å². The molecular weight excluding hydrogens is 394 g/mol. The van der Waals surface area contributed by atoms with Gasteiger partial charge in [-0.05, 0) is 30.2 Å². The summed E-state index contributed by atoms with van der Waals surface area (Å²) in [4.78, 5) is 2.57. The number of nitrogens with zero attached hydrogens (tertiary/aromatic N) is 1. The van der Waals surface area contributed by atoms with Crippen LogP contribution in [0.3, 0.4) is 0 Å². The summed E-state index contributed by atoms with van der Waals surface area (Å²) in [6.45, 7) is 6.62. The Hall–Kier alpha value is 0.490. The maximum atomic E-state index is 6.43. The van der Waals surface area contributed by atoms with Crippen molar-refractivity contribution in [2.24, 2.45) is 0 Å². The van der Waals surface area contributed by atoms with Crippen LogP contribution in [0, 0.1) is 0 Å². The van der Waals surface area contributed by atoms with Crippen LogP contribution >= 0.6 is 52.3 Å². The smallest absolute Gasteiger partial charge is 0.0454 e. The van der Waals surface area contributed by atoms with Crippen molar-refractivity contribution in [3.05, 3.63) is 33.3 Å². The fourth-order valence-electron chi connectivity index (χ4n) is 2.70. The third-order valence-electron chi connectivity index (χ3n) is 3.74. The van der Waals surface area contributed by atoms with Crippen molar-refractivity contribution in [3.63, 3.8) is 0 Å². The normalized spacial score (nSPS) is 16.7. The van der Waals surface area contributed by atoms with Gasteiger partial charge in [-0.2, -0.15) is 0 Å². The summed E-state index contributed by atoms with van der Waals surface area (Å²) in [5.74, 6) is 0. The minimum absolute atomic E-state index is 0. The Morgan fingerprint density at radius 1 is 1.29 bits per heavy atom. The van der Waals surface area contributed by atoms with Gasteiger partial charge in [0.25, 0.3) is 0 Å². The van der Waals surface area contributed by atoms with Crippen LogP contribution in [0.25, 0.3) is 0 Å². The highest BCUT2D eigenvalue weighted by molar-refractivity contribution is 9.10. The molecule has 0 unspecified atom stereocenters. The van der Waals surface area contributed by atoms with Gasteiger partial charge in [0.05, 0.1) is 0 Å². The second-order valence-corrected chi connectivity index (χ2v) is 6.43. The third-order valence-corrected chi connectivity index (χ3v) is 4.58. The summed E-state index contributed by atoms with van der Waals surface area (Å²) in [5, 5.41) is 4.31. The molecule has 6 heteroatoms. The summed E-state index contributed by atoms with van der Waals surface area (Å²) in [6.07, 6.45) is 3.67. The van der Waals surface area contributed by atoms with Gasteiger partial charge in [0.1, 0.15) is 0 Å². The second kappa shape index (κ2) is 11.1. The molecule has 1 aromatic carbocycles. The van der Waals surface area contributed by atoms with Gasteiger partial charge in [0.15, 0.2) is 0 Å². The molecule has 122 valence electrons. The van der Waals surface area contributed by atoms with Gasteiger partial charge in [-0.3, -0.25) is 4.90 Å². The predicted molar refractivity (Wildman–Crippen MR) is 100 cm³/mol.